The average molecular weight is 369 g/mol. The zero-order valence-electron chi connectivity index (χ0n) is 14.4. The highest BCUT2D eigenvalue weighted by Gasteiger charge is 2.19. The van der Waals surface area contributed by atoms with E-state index in [-0.39, 0.29) is 5.63 Å². The van der Waals surface area contributed by atoms with Crippen LogP contribution in [0.15, 0.2) is 57.7 Å². The number of benzene rings is 2. The van der Waals surface area contributed by atoms with E-state index in [2.05, 4.69) is 10.6 Å². The molecule has 3 aromatic rings. The van der Waals surface area contributed by atoms with Crippen molar-refractivity contribution in [3.63, 3.8) is 0 Å². The number of rotatable bonds is 4. The van der Waals surface area contributed by atoms with Gasteiger partial charge in [0.15, 0.2) is 0 Å². The fourth-order valence-corrected chi connectivity index (χ4v) is 3.76. The first-order valence-electron chi connectivity index (χ1n) is 9.06. The van der Waals surface area contributed by atoms with E-state index in [1.807, 2.05) is 42.5 Å². The van der Waals surface area contributed by atoms with Crippen molar-refractivity contribution in [3.8, 4) is 0 Å². The number of hydrogen-bond acceptors (Lipinski definition) is 4. The lowest BCUT2D eigenvalue weighted by atomic mass is 9.95. The zero-order valence-corrected chi connectivity index (χ0v) is 15.2. The molecule has 134 valence electrons. The fraction of sp³-hybridized carbons (Fsp3) is 0.286. The molecule has 1 aliphatic rings. The lowest BCUT2D eigenvalue weighted by molar-refractivity contribution is 0.445. The van der Waals surface area contributed by atoms with Crippen molar-refractivity contribution in [3.05, 3.63) is 64.0 Å². The number of hydrogen-bond donors (Lipinski definition) is 2. The smallest absolute Gasteiger partial charge is 0.345 e. The van der Waals surface area contributed by atoms with Gasteiger partial charge in [-0.1, -0.05) is 55.1 Å². The lowest BCUT2D eigenvalue weighted by Crippen LogP contribution is -2.23. The second-order valence-corrected chi connectivity index (χ2v) is 7.19. The lowest BCUT2D eigenvalue weighted by Gasteiger charge is -2.24. The monoisotopic (exact) mass is 368 g/mol. The molecule has 1 saturated carbocycles. The molecule has 0 saturated heterocycles. The Bertz CT molecular complexity index is 977. The molecular weight excluding hydrogens is 348 g/mol. The Morgan fingerprint density at radius 2 is 1.73 bits per heavy atom. The maximum Gasteiger partial charge on any atom is 0.345 e. The average Bonchev–Trinajstić information content (AvgIpc) is 2.66. The highest BCUT2D eigenvalue weighted by atomic mass is 35.5. The topological polar surface area (TPSA) is 54.3 Å². The highest BCUT2D eigenvalue weighted by molar-refractivity contribution is 6.30. The van der Waals surface area contributed by atoms with E-state index in [9.17, 15) is 4.79 Å². The van der Waals surface area contributed by atoms with Crippen LogP contribution in [0.25, 0.3) is 10.8 Å². The van der Waals surface area contributed by atoms with E-state index >= 15 is 0 Å². The minimum absolute atomic E-state index is 0.324. The van der Waals surface area contributed by atoms with Gasteiger partial charge in [-0.3, -0.25) is 0 Å². The molecule has 2 N–H and O–H groups in total. The van der Waals surface area contributed by atoms with Crippen LogP contribution < -0.4 is 16.3 Å². The zero-order chi connectivity index (χ0) is 17.9. The molecule has 4 nitrogen and oxygen atoms in total. The van der Waals surface area contributed by atoms with Crippen molar-refractivity contribution in [2.24, 2.45) is 0 Å². The largest absolute Gasteiger partial charge is 0.404 e. The summed E-state index contributed by atoms with van der Waals surface area (Å²) in [4.78, 5) is 12.4. The molecule has 0 unspecified atom stereocenters. The van der Waals surface area contributed by atoms with Crippen LogP contribution in [0.3, 0.4) is 0 Å². The number of anilines is 3. The summed E-state index contributed by atoms with van der Waals surface area (Å²) in [6.45, 7) is 0. The molecular formula is C21H21ClN2O2. The molecule has 0 spiro atoms. The summed E-state index contributed by atoms with van der Waals surface area (Å²) < 4.78 is 5.66. The summed E-state index contributed by atoms with van der Waals surface area (Å²) in [5, 5.41) is 8.90. The predicted octanol–water partition coefficient (Wildman–Crippen LogP) is 5.93. The van der Waals surface area contributed by atoms with E-state index < -0.39 is 0 Å². The summed E-state index contributed by atoms with van der Waals surface area (Å²) in [6, 6.07) is 15.3. The molecule has 1 aliphatic carbocycles. The Kier molecular flexibility index (Phi) is 4.85. The molecule has 5 heteroatoms. The number of nitrogens with one attached hydrogen (secondary N) is 2. The van der Waals surface area contributed by atoms with Crippen molar-refractivity contribution < 1.29 is 4.42 Å². The van der Waals surface area contributed by atoms with Gasteiger partial charge >= 0.3 is 5.63 Å². The van der Waals surface area contributed by atoms with Gasteiger partial charge in [0.05, 0.1) is 5.39 Å². The van der Waals surface area contributed by atoms with E-state index in [1.54, 1.807) is 6.07 Å². The van der Waals surface area contributed by atoms with Crippen LogP contribution in [0, 0.1) is 0 Å². The molecule has 0 bridgehead atoms. The van der Waals surface area contributed by atoms with Crippen molar-refractivity contribution >= 4 is 39.6 Å². The van der Waals surface area contributed by atoms with Crippen LogP contribution in [0.5, 0.6) is 0 Å². The maximum absolute atomic E-state index is 12.4. The maximum atomic E-state index is 12.4. The van der Waals surface area contributed by atoms with Crippen LogP contribution in [0.4, 0.5) is 17.3 Å². The van der Waals surface area contributed by atoms with E-state index in [1.165, 1.54) is 19.3 Å². The number of halogens is 1. The Morgan fingerprint density at radius 3 is 2.50 bits per heavy atom. The van der Waals surface area contributed by atoms with Crippen LogP contribution in [0.1, 0.15) is 32.1 Å². The quantitative estimate of drug-likeness (QED) is 0.598. The SMILES string of the molecule is O=c1oc(NC2CCCCC2)c(Nc2cccc(Cl)c2)c2ccccc12. The van der Waals surface area contributed by atoms with Crippen molar-refractivity contribution in [2.75, 3.05) is 10.6 Å². The third-order valence-electron chi connectivity index (χ3n) is 4.87. The second kappa shape index (κ2) is 7.42. The minimum Gasteiger partial charge on any atom is -0.404 e. The van der Waals surface area contributed by atoms with Crippen molar-refractivity contribution in [2.45, 2.75) is 38.1 Å². The van der Waals surface area contributed by atoms with Gasteiger partial charge in [0, 0.05) is 22.1 Å². The molecule has 1 aromatic heterocycles. The van der Waals surface area contributed by atoms with Crippen molar-refractivity contribution in [1.29, 1.82) is 0 Å². The third kappa shape index (κ3) is 3.56. The van der Waals surface area contributed by atoms with Crippen LogP contribution in [0.2, 0.25) is 5.02 Å². The summed E-state index contributed by atoms with van der Waals surface area (Å²) in [5.41, 5.74) is 1.30. The Labute approximate surface area is 157 Å². The van der Waals surface area contributed by atoms with Crippen LogP contribution in [-0.2, 0) is 0 Å². The van der Waals surface area contributed by atoms with Crippen LogP contribution in [-0.4, -0.2) is 6.04 Å². The predicted molar refractivity (Wildman–Crippen MR) is 108 cm³/mol. The molecule has 1 fully saturated rings. The Balaban J connectivity index is 1.79. The Hall–Kier alpha value is -2.46. The van der Waals surface area contributed by atoms with E-state index in [0.717, 1.165) is 29.6 Å². The second-order valence-electron chi connectivity index (χ2n) is 6.75. The van der Waals surface area contributed by atoms with Gasteiger partial charge in [-0.25, -0.2) is 4.79 Å². The van der Waals surface area contributed by atoms with Gasteiger partial charge in [-0.15, -0.1) is 0 Å². The summed E-state index contributed by atoms with van der Waals surface area (Å²) in [5.74, 6) is 0.501. The number of fused-ring (bicyclic) bond motifs is 1. The van der Waals surface area contributed by atoms with Gasteiger partial charge in [-0.2, -0.15) is 0 Å². The standard InChI is InChI=1S/C21H21ClN2O2/c22-14-7-6-10-16(13-14)23-19-17-11-4-5-12-18(17)21(25)26-20(19)24-15-8-2-1-3-9-15/h4-7,10-13,15,23-24H,1-3,8-9H2. The third-order valence-corrected chi connectivity index (χ3v) is 5.11. The molecule has 0 atom stereocenters. The fourth-order valence-electron chi connectivity index (χ4n) is 3.57. The molecule has 0 aliphatic heterocycles. The van der Waals surface area contributed by atoms with E-state index in [0.29, 0.717) is 22.3 Å². The normalized spacial score (nSPS) is 15.1. The van der Waals surface area contributed by atoms with Gasteiger partial charge in [0.1, 0.15) is 5.69 Å². The molecule has 4 rings (SSSR count). The minimum atomic E-state index is -0.324. The molecule has 0 radical (unpaired) electrons. The van der Waals surface area contributed by atoms with Gasteiger partial charge in [0.25, 0.3) is 0 Å². The first-order valence-corrected chi connectivity index (χ1v) is 9.43. The summed E-state index contributed by atoms with van der Waals surface area (Å²) in [6.07, 6.45) is 5.85. The van der Waals surface area contributed by atoms with Crippen molar-refractivity contribution in [1.82, 2.24) is 0 Å². The first kappa shape index (κ1) is 17.0. The summed E-state index contributed by atoms with van der Waals surface area (Å²) in [7, 11) is 0. The Morgan fingerprint density at radius 1 is 0.962 bits per heavy atom. The van der Waals surface area contributed by atoms with Gasteiger partial charge in [-0.05, 0) is 37.1 Å². The molecule has 2 aromatic carbocycles. The highest BCUT2D eigenvalue weighted by Crippen LogP contribution is 2.34. The van der Waals surface area contributed by atoms with E-state index in [4.69, 9.17) is 16.0 Å². The van der Waals surface area contributed by atoms with Gasteiger partial charge in [0.2, 0.25) is 5.88 Å². The summed E-state index contributed by atoms with van der Waals surface area (Å²) >= 11 is 6.12. The molecule has 26 heavy (non-hydrogen) atoms. The first-order chi connectivity index (χ1) is 12.7. The molecule has 1 heterocycles. The van der Waals surface area contributed by atoms with Gasteiger partial charge < -0.3 is 15.1 Å². The van der Waals surface area contributed by atoms with Crippen LogP contribution >= 0.6 is 11.6 Å². The molecule has 0 amide bonds.